The van der Waals surface area contributed by atoms with Gasteiger partial charge in [0.2, 0.25) is 0 Å². The number of carbonyl (C=O) groups is 1. The van der Waals surface area contributed by atoms with Crippen LogP contribution in [0.2, 0.25) is 0 Å². The molecule has 0 aliphatic carbocycles. The summed E-state index contributed by atoms with van der Waals surface area (Å²) in [5, 5.41) is 12.2. The number of hydrogen-bond donors (Lipinski definition) is 2. The molecule has 2 aliphatic heterocycles. The smallest absolute Gasteiger partial charge is 0.307 e. The quantitative estimate of drug-likeness (QED) is 0.824. The number of rotatable bonds is 2. The van der Waals surface area contributed by atoms with Gasteiger partial charge < -0.3 is 19.9 Å². The molecule has 18 heavy (non-hydrogen) atoms. The Morgan fingerprint density at radius 3 is 2.78 bits per heavy atom. The van der Waals surface area contributed by atoms with Gasteiger partial charge in [-0.1, -0.05) is 6.07 Å². The molecule has 0 spiro atoms. The summed E-state index contributed by atoms with van der Waals surface area (Å²) in [7, 11) is 0. The van der Waals surface area contributed by atoms with Crippen molar-refractivity contribution in [3.05, 3.63) is 23.8 Å². The van der Waals surface area contributed by atoms with Gasteiger partial charge >= 0.3 is 5.97 Å². The van der Waals surface area contributed by atoms with Gasteiger partial charge in [-0.15, -0.1) is 0 Å². The molecule has 2 unspecified atom stereocenters. The van der Waals surface area contributed by atoms with Crippen molar-refractivity contribution in [3.63, 3.8) is 0 Å². The largest absolute Gasteiger partial charge is 0.486 e. The summed E-state index contributed by atoms with van der Waals surface area (Å²) in [6, 6.07) is 5.88. The third-order valence-electron chi connectivity index (χ3n) is 3.45. The average molecular weight is 249 g/mol. The van der Waals surface area contributed by atoms with Crippen molar-refractivity contribution in [3.8, 4) is 11.5 Å². The van der Waals surface area contributed by atoms with E-state index in [1.807, 2.05) is 18.2 Å². The second-order valence-electron chi connectivity index (χ2n) is 4.63. The van der Waals surface area contributed by atoms with Crippen molar-refractivity contribution >= 4 is 5.97 Å². The van der Waals surface area contributed by atoms with Gasteiger partial charge in [-0.25, -0.2) is 0 Å². The first-order valence-corrected chi connectivity index (χ1v) is 6.10. The molecule has 5 nitrogen and oxygen atoms in total. The maximum Gasteiger partial charge on any atom is 0.307 e. The summed E-state index contributed by atoms with van der Waals surface area (Å²) in [5.74, 6) is 0.475. The molecule has 0 saturated carbocycles. The Hall–Kier alpha value is -1.75. The molecule has 0 radical (unpaired) electrons. The molecule has 1 aromatic rings. The van der Waals surface area contributed by atoms with Crippen LogP contribution >= 0.6 is 0 Å². The molecule has 2 atom stereocenters. The summed E-state index contributed by atoms with van der Waals surface area (Å²) in [5.41, 5.74) is 1.06. The number of carboxylic acids is 1. The van der Waals surface area contributed by atoms with Crippen molar-refractivity contribution in [2.45, 2.75) is 12.5 Å². The summed E-state index contributed by atoms with van der Waals surface area (Å²) in [4.78, 5) is 10.9. The fourth-order valence-corrected chi connectivity index (χ4v) is 2.45. The summed E-state index contributed by atoms with van der Waals surface area (Å²) < 4.78 is 11.0. The highest BCUT2D eigenvalue weighted by molar-refractivity contribution is 5.70. The van der Waals surface area contributed by atoms with Crippen LogP contribution in [0.3, 0.4) is 0 Å². The molecule has 1 aromatic carbocycles. The van der Waals surface area contributed by atoms with Gasteiger partial charge in [0.1, 0.15) is 13.2 Å². The van der Waals surface area contributed by atoms with Crippen LogP contribution in [-0.4, -0.2) is 30.8 Å². The van der Waals surface area contributed by atoms with E-state index in [4.69, 9.17) is 14.6 Å². The Labute approximate surface area is 105 Å². The van der Waals surface area contributed by atoms with Gasteiger partial charge in [0.25, 0.3) is 0 Å². The monoisotopic (exact) mass is 249 g/mol. The first kappa shape index (κ1) is 11.3. The van der Waals surface area contributed by atoms with Gasteiger partial charge in [0, 0.05) is 12.6 Å². The van der Waals surface area contributed by atoms with Gasteiger partial charge in [0.05, 0.1) is 5.92 Å². The molecular formula is C13H15NO4. The van der Waals surface area contributed by atoms with Gasteiger partial charge in [-0.2, -0.15) is 0 Å². The highest BCUT2D eigenvalue weighted by Gasteiger charge is 2.30. The number of ether oxygens (including phenoxy) is 2. The molecule has 0 amide bonds. The van der Waals surface area contributed by atoms with Crippen LogP contribution in [-0.2, 0) is 4.79 Å². The van der Waals surface area contributed by atoms with Crippen LogP contribution in [0.1, 0.15) is 18.0 Å². The van der Waals surface area contributed by atoms with Crippen LogP contribution in [0, 0.1) is 5.92 Å². The van der Waals surface area contributed by atoms with Crippen molar-refractivity contribution in [2.75, 3.05) is 19.8 Å². The van der Waals surface area contributed by atoms with Crippen molar-refractivity contribution < 1.29 is 19.4 Å². The zero-order chi connectivity index (χ0) is 12.5. The van der Waals surface area contributed by atoms with E-state index >= 15 is 0 Å². The minimum atomic E-state index is -0.734. The molecule has 2 heterocycles. The fraction of sp³-hybridized carbons (Fsp3) is 0.462. The highest BCUT2D eigenvalue weighted by Crippen LogP contribution is 2.35. The number of fused-ring (bicyclic) bond motifs is 1. The van der Waals surface area contributed by atoms with Crippen molar-refractivity contribution in [2.24, 2.45) is 5.92 Å². The lowest BCUT2D eigenvalue weighted by molar-refractivity contribution is -0.141. The fourth-order valence-electron chi connectivity index (χ4n) is 2.45. The normalized spacial score (nSPS) is 26.0. The third kappa shape index (κ3) is 2.01. The van der Waals surface area contributed by atoms with E-state index in [0.29, 0.717) is 26.2 Å². The topological polar surface area (TPSA) is 67.8 Å². The van der Waals surface area contributed by atoms with E-state index < -0.39 is 5.97 Å². The van der Waals surface area contributed by atoms with Crippen LogP contribution in [0.4, 0.5) is 0 Å². The Balaban J connectivity index is 1.79. The lowest BCUT2D eigenvalue weighted by Crippen LogP contribution is -2.18. The summed E-state index contributed by atoms with van der Waals surface area (Å²) in [6.07, 6.45) is 0.620. The van der Waals surface area contributed by atoms with Gasteiger partial charge in [0.15, 0.2) is 11.5 Å². The summed E-state index contributed by atoms with van der Waals surface area (Å²) in [6.45, 7) is 1.66. The zero-order valence-corrected chi connectivity index (χ0v) is 9.89. The second kappa shape index (κ2) is 4.49. The molecule has 1 saturated heterocycles. The Bertz CT molecular complexity index is 474. The predicted octanol–water partition coefficient (Wildman–Crippen LogP) is 1.19. The molecular weight excluding hydrogens is 234 g/mol. The predicted molar refractivity (Wildman–Crippen MR) is 63.9 cm³/mol. The van der Waals surface area contributed by atoms with Gasteiger partial charge in [-0.3, -0.25) is 4.79 Å². The highest BCUT2D eigenvalue weighted by atomic mass is 16.6. The molecule has 2 aliphatic rings. The van der Waals surface area contributed by atoms with Crippen molar-refractivity contribution in [1.82, 2.24) is 5.32 Å². The molecule has 96 valence electrons. The van der Waals surface area contributed by atoms with E-state index in [2.05, 4.69) is 5.32 Å². The SMILES string of the molecule is O=C(O)C1CNC(c2ccc3c(c2)OCCO3)C1. The molecule has 0 bridgehead atoms. The van der Waals surface area contributed by atoms with Crippen molar-refractivity contribution in [1.29, 1.82) is 0 Å². The number of nitrogens with one attached hydrogen (secondary N) is 1. The average Bonchev–Trinajstić information content (AvgIpc) is 2.88. The Morgan fingerprint density at radius 2 is 2.06 bits per heavy atom. The summed E-state index contributed by atoms with van der Waals surface area (Å²) >= 11 is 0. The third-order valence-corrected chi connectivity index (χ3v) is 3.45. The molecule has 1 fully saturated rings. The minimum absolute atomic E-state index is 0.0851. The van der Waals surface area contributed by atoms with Crippen LogP contribution in [0.25, 0.3) is 0 Å². The van der Waals surface area contributed by atoms with E-state index in [1.54, 1.807) is 0 Å². The van der Waals surface area contributed by atoms with E-state index in [-0.39, 0.29) is 12.0 Å². The van der Waals surface area contributed by atoms with Crippen LogP contribution in [0.15, 0.2) is 18.2 Å². The maximum atomic E-state index is 10.9. The Kier molecular flexibility index (Phi) is 2.83. The van der Waals surface area contributed by atoms with Gasteiger partial charge in [-0.05, 0) is 24.1 Å². The molecule has 2 N–H and O–H groups in total. The van der Waals surface area contributed by atoms with Crippen LogP contribution in [0.5, 0.6) is 11.5 Å². The lowest BCUT2D eigenvalue weighted by Gasteiger charge is -2.20. The first-order valence-electron chi connectivity index (χ1n) is 6.10. The maximum absolute atomic E-state index is 10.9. The molecule has 3 rings (SSSR count). The Morgan fingerprint density at radius 1 is 1.28 bits per heavy atom. The first-order chi connectivity index (χ1) is 8.74. The molecule has 0 aromatic heterocycles. The van der Waals surface area contributed by atoms with E-state index in [0.717, 1.165) is 17.1 Å². The lowest BCUT2D eigenvalue weighted by atomic mass is 10.00. The zero-order valence-electron chi connectivity index (χ0n) is 9.89. The second-order valence-corrected chi connectivity index (χ2v) is 4.63. The minimum Gasteiger partial charge on any atom is -0.486 e. The number of hydrogen-bond acceptors (Lipinski definition) is 4. The molecule has 5 heteroatoms. The standard InChI is InChI=1S/C13H15NO4/c15-13(16)9-5-10(14-7-9)8-1-2-11-12(6-8)18-4-3-17-11/h1-2,6,9-10,14H,3-5,7H2,(H,15,16). The van der Waals surface area contributed by atoms with E-state index in [1.165, 1.54) is 0 Å². The van der Waals surface area contributed by atoms with Crippen LogP contribution < -0.4 is 14.8 Å². The number of aliphatic carboxylic acids is 1. The van der Waals surface area contributed by atoms with E-state index in [9.17, 15) is 4.79 Å². The number of carboxylic acid groups (broad SMARTS) is 1. The number of benzene rings is 1.